The maximum Gasteiger partial charge on any atom is 0.408 e. The van der Waals surface area contributed by atoms with E-state index in [1.165, 1.54) is 0 Å². The molecule has 2 N–H and O–H groups in total. The molecule has 1 fully saturated rings. The monoisotopic (exact) mass is 272 g/mol. The molecule has 0 spiro atoms. The minimum atomic E-state index is -0.453. The van der Waals surface area contributed by atoms with Gasteiger partial charge in [-0.1, -0.05) is 0 Å². The number of alkyl carbamates (subject to hydrolysis) is 1. The van der Waals surface area contributed by atoms with Gasteiger partial charge in [-0.15, -0.1) is 0 Å². The molecule has 5 heteroatoms. The molecule has 1 saturated carbocycles. The van der Waals surface area contributed by atoms with Crippen molar-refractivity contribution in [2.75, 3.05) is 19.8 Å². The predicted molar refractivity (Wildman–Crippen MR) is 75.3 cm³/mol. The summed E-state index contributed by atoms with van der Waals surface area (Å²) in [5.74, 6) is 0. The molecule has 0 aromatic carbocycles. The van der Waals surface area contributed by atoms with E-state index >= 15 is 0 Å². The second-order valence-corrected chi connectivity index (χ2v) is 6.16. The fraction of sp³-hybridized carbons (Fsp3) is 0.929. The molecule has 1 rings (SSSR count). The molecule has 0 aromatic heterocycles. The predicted octanol–water partition coefficient (Wildman–Crippen LogP) is 2.06. The van der Waals surface area contributed by atoms with E-state index in [0.717, 1.165) is 26.0 Å². The van der Waals surface area contributed by atoms with Crippen molar-refractivity contribution >= 4 is 6.09 Å². The first-order chi connectivity index (χ1) is 8.79. The zero-order valence-corrected chi connectivity index (χ0v) is 12.8. The normalized spacial score (nSPS) is 18.8. The smallest absolute Gasteiger partial charge is 0.408 e. The molecule has 1 unspecified atom stereocenters. The Morgan fingerprint density at radius 3 is 2.47 bits per heavy atom. The number of carbonyl (C=O) groups is 1. The summed E-state index contributed by atoms with van der Waals surface area (Å²) in [7, 11) is 0. The van der Waals surface area contributed by atoms with Crippen LogP contribution >= 0.6 is 0 Å². The van der Waals surface area contributed by atoms with E-state index in [-0.39, 0.29) is 17.7 Å². The maximum atomic E-state index is 11.8. The zero-order chi connectivity index (χ0) is 14.5. The van der Waals surface area contributed by atoms with Crippen LogP contribution in [0.15, 0.2) is 0 Å². The third-order valence-electron chi connectivity index (χ3n) is 3.27. The molecule has 5 nitrogen and oxygen atoms in total. The highest BCUT2D eigenvalue weighted by Gasteiger charge is 2.49. The van der Waals surface area contributed by atoms with Crippen LogP contribution in [0.1, 0.15) is 47.5 Å². The van der Waals surface area contributed by atoms with Gasteiger partial charge in [0.25, 0.3) is 0 Å². The van der Waals surface area contributed by atoms with Gasteiger partial charge in [-0.25, -0.2) is 4.79 Å². The number of carbonyl (C=O) groups excluding carboxylic acids is 1. The van der Waals surface area contributed by atoms with Crippen molar-refractivity contribution in [3.63, 3.8) is 0 Å². The van der Waals surface area contributed by atoms with Gasteiger partial charge in [-0.3, -0.25) is 0 Å². The summed E-state index contributed by atoms with van der Waals surface area (Å²) < 4.78 is 10.6. The Kier molecular flexibility index (Phi) is 5.62. The quantitative estimate of drug-likeness (QED) is 0.696. The molecule has 0 aliphatic heterocycles. The van der Waals surface area contributed by atoms with Crippen LogP contribution in [0.4, 0.5) is 4.79 Å². The maximum absolute atomic E-state index is 11.8. The van der Waals surface area contributed by atoms with Crippen LogP contribution in [0.3, 0.4) is 0 Å². The van der Waals surface area contributed by atoms with Crippen LogP contribution in [-0.4, -0.2) is 43.0 Å². The number of rotatable bonds is 7. The van der Waals surface area contributed by atoms with Gasteiger partial charge in [-0.2, -0.15) is 0 Å². The minimum absolute atomic E-state index is 0.144. The molecule has 0 heterocycles. The average Bonchev–Trinajstić information content (AvgIpc) is 3.02. The topological polar surface area (TPSA) is 59.6 Å². The lowest BCUT2D eigenvalue weighted by atomic mass is 10.1. The van der Waals surface area contributed by atoms with Gasteiger partial charge in [0.2, 0.25) is 0 Å². The molecule has 1 amide bonds. The van der Waals surface area contributed by atoms with Crippen LogP contribution in [-0.2, 0) is 9.47 Å². The zero-order valence-electron chi connectivity index (χ0n) is 12.8. The second-order valence-electron chi connectivity index (χ2n) is 6.16. The van der Waals surface area contributed by atoms with E-state index in [1.54, 1.807) is 0 Å². The van der Waals surface area contributed by atoms with Gasteiger partial charge in [0.15, 0.2) is 0 Å². The Labute approximate surface area is 116 Å². The number of hydrogen-bond donors (Lipinski definition) is 2. The third kappa shape index (κ3) is 5.78. The molecule has 0 bridgehead atoms. The molecule has 0 saturated heterocycles. The van der Waals surface area contributed by atoms with Crippen molar-refractivity contribution < 1.29 is 14.3 Å². The van der Waals surface area contributed by atoms with Gasteiger partial charge < -0.3 is 20.1 Å². The summed E-state index contributed by atoms with van der Waals surface area (Å²) in [5.41, 5.74) is -0.597. The molecule has 1 aliphatic carbocycles. The van der Waals surface area contributed by atoms with Crippen LogP contribution in [0.25, 0.3) is 0 Å². The minimum Gasteiger partial charge on any atom is -0.444 e. The summed E-state index contributed by atoms with van der Waals surface area (Å²) in [6.45, 7) is 11.9. The first kappa shape index (κ1) is 16.2. The summed E-state index contributed by atoms with van der Waals surface area (Å²) >= 11 is 0. The van der Waals surface area contributed by atoms with Crippen molar-refractivity contribution in [2.45, 2.75) is 64.6 Å². The van der Waals surface area contributed by atoms with Crippen LogP contribution in [0.2, 0.25) is 0 Å². The Bertz CT molecular complexity index is 296. The summed E-state index contributed by atoms with van der Waals surface area (Å²) in [6.07, 6.45) is 1.66. The average molecular weight is 272 g/mol. The molecular formula is C14H28N2O3. The van der Waals surface area contributed by atoms with Crippen molar-refractivity contribution in [2.24, 2.45) is 0 Å². The SMILES string of the molecule is CCOCCNC(C)C1(NC(=O)OC(C)(C)C)CC1. The first-order valence-electron chi connectivity index (χ1n) is 7.11. The fourth-order valence-electron chi connectivity index (χ4n) is 2.00. The highest BCUT2D eigenvalue weighted by molar-refractivity contribution is 5.69. The number of amides is 1. The van der Waals surface area contributed by atoms with E-state index in [1.807, 2.05) is 27.7 Å². The van der Waals surface area contributed by atoms with Crippen molar-refractivity contribution in [3.8, 4) is 0 Å². The number of hydrogen-bond acceptors (Lipinski definition) is 4. The van der Waals surface area contributed by atoms with Crippen LogP contribution in [0, 0.1) is 0 Å². The summed E-state index contributed by atoms with van der Waals surface area (Å²) in [4.78, 5) is 11.8. The molecule has 1 atom stereocenters. The fourth-order valence-corrected chi connectivity index (χ4v) is 2.00. The van der Waals surface area contributed by atoms with E-state index < -0.39 is 5.60 Å². The Balaban J connectivity index is 2.33. The highest BCUT2D eigenvalue weighted by atomic mass is 16.6. The standard InChI is InChI=1S/C14H28N2O3/c1-6-18-10-9-15-11(2)14(7-8-14)16-12(17)19-13(3,4)5/h11,15H,6-10H2,1-5H3,(H,16,17). The second kappa shape index (κ2) is 6.57. The molecule has 112 valence electrons. The number of ether oxygens (including phenoxy) is 2. The van der Waals surface area contributed by atoms with Gasteiger partial charge in [-0.05, 0) is 47.5 Å². The van der Waals surface area contributed by atoms with E-state index in [4.69, 9.17) is 9.47 Å². The lowest BCUT2D eigenvalue weighted by Crippen LogP contribution is -2.52. The molecular weight excluding hydrogens is 244 g/mol. The van der Waals surface area contributed by atoms with Crippen molar-refractivity contribution in [1.82, 2.24) is 10.6 Å². The third-order valence-corrected chi connectivity index (χ3v) is 3.27. The van der Waals surface area contributed by atoms with E-state index in [9.17, 15) is 4.79 Å². The van der Waals surface area contributed by atoms with E-state index in [2.05, 4.69) is 17.6 Å². The Morgan fingerprint density at radius 1 is 1.37 bits per heavy atom. The van der Waals surface area contributed by atoms with Crippen molar-refractivity contribution in [1.29, 1.82) is 0 Å². The largest absolute Gasteiger partial charge is 0.444 e. The highest BCUT2D eigenvalue weighted by Crippen LogP contribution is 2.38. The Hall–Kier alpha value is -0.810. The van der Waals surface area contributed by atoms with Crippen molar-refractivity contribution in [3.05, 3.63) is 0 Å². The number of nitrogens with one attached hydrogen (secondary N) is 2. The van der Waals surface area contributed by atoms with Gasteiger partial charge in [0.05, 0.1) is 12.1 Å². The van der Waals surface area contributed by atoms with E-state index in [0.29, 0.717) is 6.61 Å². The first-order valence-corrected chi connectivity index (χ1v) is 7.11. The van der Waals surface area contributed by atoms with Crippen LogP contribution in [0.5, 0.6) is 0 Å². The lowest BCUT2D eigenvalue weighted by molar-refractivity contribution is 0.0483. The van der Waals surface area contributed by atoms with Crippen LogP contribution < -0.4 is 10.6 Å². The lowest BCUT2D eigenvalue weighted by Gasteiger charge is -2.28. The molecule has 0 radical (unpaired) electrons. The van der Waals surface area contributed by atoms with Gasteiger partial charge in [0, 0.05) is 19.2 Å². The molecule has 1 aliphatic rings. The summed E-state index contributed by atoms with van der Waals surface area (Å²) in [5, 5.41) is 6.39. The van der Waals surface area contributed by atoms with Gasteiger partial charge in [0.1, 0.15) is 5.60 Å². The molecule has 0 aromatic rings. The summed E-state index contributed by atoms with van der Waals surface area (Å²) in [6, 6.07) is 0.223. The Morgan fingerprint density at radius 2 is 2.00 bits per heavy atom. The van der Waals surface area contributed by atoms with Gasteiger partial charge >= 0.3 is 6.09 Å². The molecule has 19 heavy (non-hydrogen) atoms.